The van der Waals surface area contributed by atoms with Gasteiger partial charge in [0.2, 0.25) is 11.8 Å². The lowest BCUT2D eigenvalue weighted by Crippen LogP contribution is -2.22. The predicted molar refractivity (Wildman–Crippen MR) is 88.1 cm³/mol. The van der Waals surface area contributed by atoms with Crippen LogP contribution in [0, 0.1) is 15.4 Å². The summed E-state index contributed by atoms with van der Waals surface area (Å²) in [6.45, 7) is 0. The number of rotatable bonds is 1. The van der Waals surface area contributed by atoms with Crippen molar-refractivity contribution in [1.29, 1.82) is 0 Å². The molecule has 4 aliphatic rings. The molecule has 4 aliphatic carbocycles. The number of hydrogen-bond acceptors (Lipinski definition) is 2. The molecule has 0 unspecified atom stereocenters. The van der Waals surface area contributed by atoms with Crippen LogP contribution in [-0.4, -0.2) is 14.8 Å². The molecule has 108 valence electrons. The van der Waals surface area contributed by atoms with Crippen LogP contribution in [0.25, 0.3) is 5.69 Å². The molecule has 0 amide bonds. The Hall–Kier alpha value is -1.17. The number of aromatic nitrogens is 1. The first kappa shape index (κ1) is 12.4. The number of hydrogen-bond donors (Lipinski definition) is 2. The zero-order chi connectivity index (χ0) is 14.3. The Morgan fingerprint density at radius 3 is 2.19 bits per heavy atom. The molecule has 3 nitrogen and oxygen atoms in total. The predicted octanol–water partition coefficient (Wildman–Crippen LogP) is 4.10. The fraction of sp³-hybridized carbons (Fsp3) is 0.412. The van der Waals surface area contributed by atoms with Crippen LogP contribution in [0.5, 0.6) is 11.8 Å². The van der Waals surface area contributed by atoms with E-state index in [9.17, 15) is 10.2 Å². The summed E-state index contributed by atoms with van der Waals surface area (Å²) in [7, 11) is 0. The van der Waals surface area contributed by atoms with Gasteiger partial charge in [0.25, 0.3) is 0 Å². The highest BCUT2D eigenvalue weighted by molar-refractivity contribution is 14.1. The Kier molecular flexibility index (Phi) is 2.34. The molecule has 1 aromatic carbocycles. The molecule has 2 saturated carbocycles. The molecular formula is C17H16INO2. The third-order valence-electron chi connectivity index (χ3n) is 5.72. The first-order chi connectivity index (χ1) is 10.2. The summed E-state index contributed by atoms with van der Waals surface area (Å²) in [5.41, 5.74) is 2.93. The number of nitrogens with zero attached hydrogens (tertiary/aromatic N) is 1. The van der Waals surface area contributed by atoms with Crippen molar-refractivity contribution in [2.75, 3.05) is 0 Å². The third-order valence-corrected chi connectivity index (χ3v) is 6.39. The minimum Gasteiger partial charge on any atom is -0.494 e. The summed E-state index contributed by atoms with van der Waals surface area (Å²) < 4.78 is 2.74. The van der Waals surface area contributed by atoms with Gasteiger partial charge >= 0.3 is 0 Å². The monoisotopic (exact) mass is 393 g/mol. The molecule has 2 N–H and O–H groups in total. The summed E-state index contributed by atoms with van der Waals surface area (Å²) in [5.74, 6) is 2.98. The molecular weight excluding hydrogens is 377 g/mol. The van der Waals surface area contributed by atoms with Crippen LogP contribution in [0.4, 0.5) is 0 Å². The average Bonchev–Trinajstić information content (AvgIpc) is 3.24. The quantitative estimate of drug-likeness (QED) is 0.717. The van der Waals surface area contributed by atoms with Gasteiger partial charge in [-0.2, -0.15) is 0 Å². The molecule has 1 aromatic heterocycles. The maximum atomic E-state index is 10.8. The van der Waals surface area contributed by atoms with E-state index in [2.05, 4.69) is 22.6 Å². The van der Waals surface area contributed by atoms with E-state index in [1.165, 1.54) is 19.3 Å². The zero-order valence-corrected chi connectivity index (χ0v) is 13.6. The van der Waals surface area contributed by atoms with Gasteiger partial charge < -0.3 is 10.2 Å². The molecule has 1 heterocycles. The van der Waals surface area contributed by atoms with Gasteiger partial charge in [-0.15, -0.1) is 0 Å². The Balaban J connectivity index is 1.76. The van der Waals surface area contributed by atoms with Crippen LogP contribution >= 0.6 is 22.6 Å². The number of benzene rings is 1. The van der Waals surface area contributed by atoms with Crippen molar-refractivity contribution >= 4 is 22.6 Å². The largest absolute Gasteiger partial charge is 0.494 e. The van der Waals surface area contributed by atoms with Crippen molar-refractivity contribution in [2.24, 2.45) is 11.8 Å². The Labute approximate surface area is 136 Å². The van der Waals surface area contributed by atoms with Gasteiger partial charge in [0.05, 0.1) is 5.69 Å². The fourth-order valence-corrected chi connectivity index (χ4v) is 5.36. The smallest absolute Gasteiger partial charge is 0.202 e. The maximum Gasteiger partial charge on any atom is 0.202 e. The van der Waals surface area contributed by atoms with Gasteiger partial charge in [0.15, 0.2) is 0 Å². The molecule has 0 radical (unpaired) electrons. The summed E-state index contributed by atoms with van der Waals surface area (Å²) >= 11 is 2.26. The molecule has 6 rings (SSSR count). The number of halogens is 1. The van der Waals surface area contributed by atoms with Crippen LogP contribution in [0.1, 0.15) is 42.2 Å². The lowest BCUT2D eigenvalue weighted by Gasteiger charge is -2.35. The van der Waals surface area contributed by atoms with E-state index in [0.717, 1.165) is 32.2 Å². The first-order valence-corrected chi connectivity index (χ1v) is 8.67. The van der Waals surface area contributed by atoms with Crippen LogP contribution in [0.3, 0.4) is 0 Å². The van der Waals surface area contributed by atoms with Gasteiger partial charge in [-0.25, -0.2) is 0 Å². The van der Waals surface area contributed by atoms with Gasteiger partial charge in [0, 0.05) is 14.7 Å². The van der Waals surface area contributed by atoms with Crippen LogP contribution in [0.15, 0.2) is 24.3 Å². The van der Waals surface area contributed by atoms with Crippen molar-refractivity contribution in [3.8, 4) is 17.4 Å². The lowest BCUT2D eigenvalue weighted by atomic mass is 9.68. The average molecular weight is 393 g/mol. The molecule has 4 atom stereocenters. The topological polar surface area (TPSA) is 45.4 Å². The van der Waals surface area contributed by atoms with Gasteiger partial charge in [-0.05, 0) is 83.7 Å². The van der Waals surface area contributed by atoms with Gasteiger partial charge in [0.1, 0.15) is 0 Å². The molecule has 0 aliphatic heterocycles. The number of aromatic hydroxyl groups is 2. The molecule has 4 heteroatoms. The summed E-state index contributed by atoms with van der Waals surface area (Å²) in [6.07, 6.45) is 3.62. The second kappa shape index (κ2) is 3.97. The van der Waals surface area contributed by atoms with Crippen LogP contribution < -0.4 is 0 Å². The van der Waals surface area contributed by atoms with Gasteiger partial charge in [-0.3, -0.25) is 4.57 Å². The van der Waals surface area contributed by atoms with E-state index in [-0.39, 0.29) is 11.8 Å². The molecule has 0 spiro atoms. The zero-order valence-electron chi connectivity index (χ0n) is 11.5. The van der Waals surface area contributed by atoms with E-state index in [1.807, 2.05) is 24.3 Å². The van der Waals surface area contributed by atoms with Crippen molar-refractivity contribution in [3.63, 3.8) is 0 Å². The summed E-state index contributed by atoms with van der Waals surface area (Å²) in [4.78, 5) is 0. The van der Waals surface area contributed by atoms with E-state index >= 15 is 0 Å². The summed E-state index contributed by atoms with van der Waals surface area (Å²) in [5, 5.41) is 21.5. The minimum atomic E-state index is 0.268. The number of fused-ring (bicyclic) bond motifs is 1. The molecule has 2 aromatic rings. The standard InChI is InChI=1S/C17H16INO2/c18-8-2-1-3-9(6-8)19-16(20)14-10-4-5-11(13-7-12(10)13)15(14)17(19)21/h1-3,6,10-13,20-21H,4-5,7H2/t10-,11+,12+,13-. The van der Waals surface area contributed by atoms with E-state index in [4.69, 9.17) is 0 Å². The molecule has 2 fully saturated rings. The van der Waals surface area contributed by atoms with E-state index < -0.39 is 0 Å². The van der Waals surface area contributed by atoms with Crippen LogP contribution in [-0.2, 0) is 0 Å². The van der Waals surface area contributed by atoms with Crippen molar-refractivity contribution < 1.29 is 10.2 Å². The second-order valence-electron chi connectivity index (χ2n) is 6.64. The second-order valence-corrected chi connectivity index (χ2v) is 7.89. The Morgan fingerprint density at radius 2 is 1.62 bits per heavy atom. The van der Waals surface area contributed by atoms with Crippen molar-refractivity contribution in [1.82, 2.24) is 4.57 Å². The fourth-order valence-electron chi connectivity index (χ4n) is 4.84. The third kappa shape index (κ3) is 1.49. The highest BCUT2D eigenvalue weighted by Gasteiger charge is 2.58. The highest BCUT2D eigenvalue weighted by atomic mass is 127. The summed E-state index contributed by atoms with van der Waals surface area (Å²) in [6, 6.07) is 7.91. The highest BCUT2D eigenvalue weighted by Crippen LogP contribution is 2.70. The first-order valence-electron chi connectivity index (χ1n) is 7.59. The Bertz CT molecular complexity index is 727. The maximum absolute atomic E-state index is 10.8. The SMILES string of the molecule is Oc1c2c(c(O)n1-c1cccc(I)c1)[C@@H]1CC[C@H]2[C@H]2C[C@H]21. The van der Waals surface area contributed by atoms with Crippen molar-refractivity contribution in [3.05, 3.63) is 39.0 Å². The van der Waals surface area contributed by atoms with E-state index in [0.29, 0.717) is 11.8 Å². The van der Waals surface area contributed by atoms with E-state index in [1.54, 1.807) is 4.57 Å². The minimum absolute atomic E-state index is 0.268. The van der Waals surface area contributed by atoms with Crippen molar-refractivity contribution in [2.45, 2.75) is 31.1 Å². The van der Waals surface area contributed by atoms with Gasteiger partial charge in [-0.1, -0.05) is 6.07 Å². The molecule has 21 heavy (non-hydrogen) atoms. The molecule has 0 saturated heterocycles. The Morgan fingerprint density at radius 1 is 1.00 bits per heavy atom. The molecule has 2 bridgehead atoms. The lowest BCUT2D eigenvalue weighted by molar-refractivity contribution is 0.322. The van der Waals surface area contributed by atoms with Crippen LogP contribution in [0.2, 0.25) is 0 Å². The normalized spacial score (nSPS) is 31.9.